The van der Waals surface area contributed by atoms with Gasteiger partial charge in [-0.1, -0.05) is 90.5 Å². The van der Waals surface area contributed by atoms with Crippen LogP contribution in [0.2, 0.25) is 0 Å². The van der Waals surface area contributed by atoms with E-state index in [0.29, 0.717) is 5.56 Å². The molecule has 36 heavy (non-hydrogen) atoms. The van der Waals surface area contributed by atoms with E-state index in [1.54, 1.807) is 36.4 Å². The van der Waals surface area contributed by atoms with Gasteiger partial charge >= 0.3 is 5.97 Å². The molecule has 6 N–H and O–H groups in total. The number of carbonyl (C=O) groups excluding carboxylic acids is 1. The Morgan fingerprint density at radius 2 is 1.39 bits per heavy atom. The smallest absolute Gasteiger partial charge is 0.326 e. The molecule has 0 saturated carbocycles. The van der Waals surface area contributed by atoms with Crippen LogP contribution in [0.1, 0.15) is 28.0 Å². The van der Waals surface area contributed by atoms with Crippen LogP contribution in [-0.2, 0) is 27.0 Å². The predicted octanol–water partition coefficient (Wildman–Crippen LogP) is 0.181. The third kappa shape index (κ3) is 8.42. The summed E-state index contributed by atoms with van der Waals surface area (Å²) < 4.78 is 13.4. The van der Waals surface area contributed by atoms with Crippen molar-refractivity contribution in [3.63, 3.8) is 0 Å². The maximum Gasteiger partial charge on any atom is 0.326 e. The van der Waals surface area contributed by atoms with Crippen molar-refractivity contribution in [1.82, 2.24) is 5.32 Å². The number of carboxylic acids is 1. The molecule has 0 fully saturated rings. The van der Waals surface area contributed by atoms with E-state index in [4.69, 9.17) is 0 Å². The van der Waals surface area contributed by atoms with Gasteiger partial charge in [0.2, 0.25) is 5.91 Å². The lowest BCUT2D eigenvalue weighted by Gasteiger charge is -2.24. The van der Waals surface area contributed by atoms with Crippen molar-refractivity contribution in [3.8, 4) is 0 Å². The third-order valence-electron chi connectivity index (χ3n) is 6.02. The van der Waals surface area contributed by atoms with Crippen molar-refractivity contribution in [2.45, 2.75) is 31.6 Å². The Hall–Kier alpha value is -2.77. The first-order valence-corrected chi connectivity index (χ1v) is 13.4. The zero-order chi connectivity index (χ0) is 25.4. The summed E-state index contributed by atoms with van der Waals surface area (Å²) in [5, 5.41) is 12.3. The van der Waals surface area contributed by atoms with E-state index in [1.807, 2.05) is 55.5 Å². The van der Waals surface area contributed by atoms with Crippen LogP contribution >= 0.6 is 7.37 Å². The number of carboxylic acid groups (broad SMARTS) is 1. The summed E-state index contributed by atoms with van der Waals surface area (Å²) in [6.45, 7) is 1.93. The molecule has 3 aromatic carbocycles. The number of aryl methyl sites for hydroxylation is 1. The summed E-state index contributed by atoms with van der Waals surface area (Å²) in [5.74, 6) is -3.54. The number of benzene rings is 3. The standard InChI is InChI=1S/C27H31N2O5P.BrH/c1-19-12-14-22(15-13-19)25(28)35(33,34)18-23(16-20-8-4-2-5-9-20)26(30)29-24(27(31)32)17-21-10-6-3-7-11-21;/h2-15,23-25H,16-18,28H2,1H3,(H,29,30)(H,31,32)(H,33,34);1H/t23-,24+,25-;/m1./s1. The van der Waals surface area contributed by atoms with Crippen molar-refractivity contribution >= 4 is 19.2 Å². The van der Waals surface area contributed by atoms with E-state index < -0.39 is 37.0 Å². The highest BCUT2D eigenvalue weighted by Crippen LogP contribution is 2.53. The highest BCUT2D eigenvalue weighted by atomic mass is 79.9. The molecule has 3 rings (SSSR count). The molecule has 0 saturated heterocycles. The van der Waals surface area contributed by atoms with Gasteiger partial charge in [0.05, 0.1) is 5.92 Å². The van der Waals surface area contributed by atoms with Crippen molar-refractivity contribution in [1.29, 1.82) is 0 Å². The average molecular weight is 575 g/mol. The number of rotatable bonds is 11. The molecule has 1 amide bonds. The Kier molecular flexibility index (Phi) is 11.1. The van der Waals surface area contributed by atoms with E-state index >= 15 is 0 Å². The first-order valence-electron chi connectivity index (χ1n) is 11.5. The molecule has 192 valence electrons. The van der Waals surface area contributed by atoms with Gasteiger partial charge in [0.15, 0.2) is 5.78 Å². The largest absolute Gasteiger partial charge is 1.00 e. The monoisotopic (exact) mass is 574 g/mol. The van der Waals surface area contributed by atoms with Gasteiger partial charge in [-0.15, -0.1) is 0 Å². The number of hydrogen-bond donors (Lipinski definition) is 4. The van der Waals surface area contributed by atoms with Crippen LogP contribution < -0.4 is 28.0 Å². The molecule has 0 aromatic heterocycles. The summed E-state index contributed by atoms with van der Waals surface area (Å²) in [6.07, 6.45) is 0.00104. The number of halogens is 1. The van der Waals surface area contributed by atoms with Crippen molar-refractivity contribution in [2.24, 2.45) is 5.92 Å². The Morgan fingerprint density at radius 1 is 0.889 bits per heavy atom. The maximum absolute atomic E-state index is 13.4. The zero-order valence-electron chi connectivity index (χ0n) is 20.1. The molecule has 0 aliphatic carbocycles. The van der Waals surface area contributed by atoms with Gasteiger partial charge in [0, 0.05) is 18.1 Å². The molecule has 3 aromatic rings. The first-order chi connectivity index (χ1) is 16.7. The van der Waals surface area contributed by atoms with Gasteiger partial charge in [0.25, 0.3) is 7.37 Å². The fourth-order valence-electron chi connectivity index (χ4n) is 3.94. The van der Waals surface area contributed by atoms with Crippen molar-refractivity contribution < 1.29 is 46.9 Å². The van der Waals surface area contributed by atoms with Crippen LogP contribution in [0.3, 0.4) is 0 Å². The number of hydrogen-bond acceptors (Lipinski definition) is 3. The summed E-state index contributed by atoms with van der Waals surface area (Å²) >= 11 is 0. The fraction of sp³-hybridized carbons (Fsp3) is 0.259. The predicted molar refractivity (Wildman–Crippen MR) is 135 cm³/mol. The third-order valence-corrected chi connectivity index (χ3v) is 8.26. The normalized spacial score (nSPS) is 15.0. The average Bonchev–Trinajstić information content (AvgIpc) is 2.84. The van der Waals surface area contributed by atoms with Crippen LogP contribution in [0.15, 0.2) is 84.9 Å². The fourth-order valence-corrected chi connectivity index (χ4v) is 5.76. The minimum atomic E-state index is -3.92. The molecule has 7 nitrogen and oxygen atoms in total. The zero-order valence-corrected chi connectivity index (χ0v) is 22.6. The topological polar surface area (TPSA) is 131 Å². The molecule has 0 heterocycles. The Bertz CT molecular complexity index is 1180. The number of quaternary nitrogens is 1. The first kappa shape index (κ1) is 29.5. The second-order valence-electron chi connectivity index (χ2n) is 8.84. The summed E-state index contributed by atoms with van der Waals surface area (Å²) in [6, 6.07) is 24.3. The van der Waals surface area contributed by atoms with Crippen molar-refractivity contribution in [2.75, 3.05) is 6.16 Å². The molecule has 4 atom stereocenters. The highest BCUT2D eigenvalue weighted by Gasteiger charge is 2.38. The summed E-state index contributed by atoms with van der Waals surface area (Å²) in [7, 11) is -3.92. The maximum atomic E-state index is 13.4. The second kappa shape index (κ2) is 13.5. The SMILES string of the molecule is Cc1ccc([C@H]([NH3+])P(=O)(O)C[C@@H](Cc2ccccc2)C(=O)N[C@@H](Cc2ccccc2)C(=O)O)cc1.[Br-]. The van der Waals surface area contributed by atoms with E-state index in [9.17, 15) is 24.2 Å². The van der Waals surface area contributed by atoms with E-state index in [2.05, 4.69) is 11.1 Å². The lowest BCUT2D eigenvalue weighted by molar-refractivity contribution is -0.397. The van der Waals surface area contributed by atoms with Crippen LogP contribution in [0.5, 0.6) is 0 Å². The highest BCUT2D eigenvalue weighted by molar-refractivity contribution is 7.58. The molecule has 9 heteroatoms. The lowest BCUT2D eigenvalue weighted by atomic mass is 9.99. The van der Waals surface area contributed by atoms with E-state index in [-0.39, 0.29) is 36.0 Å². The molecule has 0 radical (unpaired) electrons. The van der Waals surface area contributed by atoms with Crippen LogP contribution in [0.25, 0.3) is 0 Å². The van der Waals surface area contributed by atoms with Gasteiger partial charge in [0.1, 0.15) is 6.04 Å². The molecule has 0 bridgehead atoms. The second-order valence-corrected chi connectivity index (χ2v) is 11.3. The van der Waals surface area contributed by atoms with Gasteiger partial charge < -0.3 is 38.0 Å². The van der Waals surface area contributed by atoms with Gasteiger partial charge in [-0.3, -0.25) is 9.36 Å². The number of nitrogens with one attached hydrogen (secondary N) is 1. The van der Waals surface area contributed by atoms with Crippen LogP contribution in [-0.4, -0.2) is 34.1 Å². The Morgan fingerprint density at radius 3 is 1.89 bits per heavy atom. The number of amides is 1. The van der Waals surface area contributed by atoms with Gasteiger partial charge in [-0.25, -0.2) is 4.79 Å². The number of carbonyl (C=O) groups is 2. The van der Waals surface area contributed by atoms with E-state index in [0.717, 1.165) is 16.7 Å². The van der Waals surface area contributed by atoms with Crippen LogP contribution in [0, 0.1) is 12.8 Å². The molecule has 0 aliphatic rings. The summed E-state index contributed by atoms with van der Waals surface area (Å²) in [5.41, 5.74) is 7.16. The molecular weight excluding hydrogens is 543 g/mol. The lowest BCUT2D eigenvalue weighted by Crippen LogP contribution is -3.00. The number of aliphatic carboxylic acids is 1. The minimum absolute atomic E-state index is 0. The molecule has 1 unspecified atom stereocenters. The summed E-state index contributed by atoms with van der Waals surface area (Å²) in [4.78, 5) is 36.2. The Balaban J connectivity index is 0.00000456. The van der Waals surface area contributed by atoms with Crippen molar-refractivity contribution in [3.05, 3.63) is 107 Å². The minimum Gasteiger partial charge on any atom is -1.00 e. The van der Waals surface area contributed by atoms with Gasteiger partial charge in [-0.2, -0.15) is 0 Å². The molecular formula is C27H32BrN2O5P. The van der Waals surface area contributed by atoms with Crippen LogP contribution in [0.4, 0.5) is 0 Å². The quantitative estimate of drug-likeness (QED) is 0.243. The Labute approximate surface area is 222 Å². The van der Waals surface area contributed by atoms with E-state index in [1.165, 1.54) is 0 Å². The molecule has 0 aliphatic heterocycles. The van der Waals surface area contributed by atoms with Gasteiger partial charge in [-0.05, 0) is 24.5 Å². The molecule has 0 spiro atoms.